The van der Waals surface area contributed by atoms with E-state index in [0.717, 1.165) is 25.7 Å². The van der Waals surface area contributed by atoms with E-state index in [-0.39, 0.29) is 23.0 Å². The second kappa shape index (κ2) is 6.17. The Hall–Kier alpha value is -2.37. The van der Waals surface area contributed by atoms with Gasteiger partial charge in [0.05, 0.1) is 5.39 Å². The van der Waals surface area contributed by atoms with E-state index in [1.165, 1.54) is 19.0 Å². The molecule has 1 fully saturated rings. The topological polar surface area (TPSA) is 95.1 Å². The van der Waals surface area contributed by atoms with Gasteiger partial charge in [0.25, 0.3) is 11.5 Å². The first kappa shape index (κ1) is 14.6. The average Bonchev–Trinajstić information content (AvgIpc) is 2.76. The first-order chi connectivity index (χ1) is 10.7. The fourth-order valence-corrected chi connectivity index (χ4v) is 3.00. The minimum Gasteiger partial charge on any atom is -0.506 e. The van der Waals surface area contributed by atoms with Crippen molar-refractivity contribution in [1.82, 2.24) is 15.3 Å². The van der Waals surface area contributed by atoms with Gasteiger partial charge in [-0.3, -0.25) is 9.59 Å². The van der Waals surface area contributed by atoms with Crippen molar-refractivity contribution in [2.45, 2.75) is 44.6 Å². The van der Waals surface area contributed by atoms with Crippen LogP contribution in [-0.2, 0) is 0 Å². The summed E-state index contributed by atoms with van der Waals surface area (Å²) in [4.78, 5) is 31.0. The van der Waals surface area contributed by atoms with E-state index in [1.807, 2.05) is 0 Å². The number of aromatic hydroxyl groups is 1. The minimum atomic E-state index is -0.616. The van der Waals surface area contributed by atoms with Crippen molar-refractivity contribution in [2.24, 2.45) is 0 Å². The number of nitrogens with zero attached hydrogens (tertiary/aromatic N) is 1. The molecule has 2 aromatic heterocycles. The van der Waals surface area contributed by atoms with Gasteiger partial charge < -0.3 is 15.4 Å². The maximum absolute atomic E-state index is 12.4. The van der Waals surface area contributed by atoms with Crippen LogP contribution < -0.4 is 10.9 Å². The summed E-state index contributed by atoms with van der Waals surface area (Å²) in [6, 6.07) is 3.34. The lowest BCUT2D eigenvalue weighted by molar-refractivity contribution is 0.0929. The molecule has 1 saturated carbocycles. The molecule has 1 amide bonds. The molecule has 0 saturated heterocycles. The Balaban J connectivity index is 1.91. The standard InChI is InChI=1S/C16H19N3O3/c20-13-11-8-5-9-17-14(11)19-16(22)12(13)15(21)18-10-6-3-1-2-4-7-10/h5,8-10H,1-4,6-7H2,(H,18,21)(H2,17,19,20,22). The van der Waals surface area contributed by atoms with Crippen LogP contribution in [0.25, 0.3) is 11.0 Å². The van der Waals surface area contributed by atoms with Crippen LogP contribution >= 0.6 is 0 Å². The summed E-state index contributed by atoms with van der Waals surface area (Å²) < 4.78 is 0. The van der Waals surface area contributed by atoms with Crippen molar-refractivity contribution in [2.75, 3.05) is 0 Å². The van der Waals surface area contributed by atoms with E-state index >= 15 is 0 Å². The number of hydrogen-bond acceptors (Lipinski definition) is 4. The molecule has 0 aliphatic heterocycles. The van der Waals surface area contributed by atoms with Crippen LogP contribution in [0.2, 0.25) is 0 Å². The SMILES string of the molecule is O=C(NC1CCCCCC1)c1c(O)c2cccnc2[nH]c1=O. The summed E-state index contributed by atoms with van der Waals surface area (Å²) in [5, 5.41) is 13.5. The fraction of sp³-hybridized carbons (Fsp3) is 0.438. The van der Waals surface area contributed by atoms with Crippen molar-refractivity contribution in [3.05, 3.63) is 34.2 Å². The summed E-state index contributed by atoms with van der Waals surface area (Å²) in [6.45, 7) is 0. The van der Waals surface area contributed by atoms with Gasteiger partial charge in [-0.2, -0.15) is 0 Å². The van der Waals surface area contributed by atoms with Crippen LogP contribution in [0.15, 0.2) is 23.1 Å². The summed E-state index contributed by atoms with van der Waals surface area (Å²) in [5.41, 5.74) is -0.574. The highest BCUT2D eigenvalue weighted by molar-refractivity contribution is 6.01. The molecule has 2 heterocycles. The van der Waals surface area contributed by atoms with Gasteiger partial charge >= 0.3 is 0 Å². The molecule has 2 aromatic rings. The molecule has 3 N–H and O–H groups in total. The third kappa shape index (κ3) is 2.81. The molecule has 1 aliphatic carbocycles. The van der Waals surface area contributed by atoms with Crippen molar-refractivity contribution in [1.29, 1.82) is 0 Å². The summed E-state index contributed by atoms with van der Waals surface area (Å²) in [7, 11) is 0. The molecule has 0 bridgehead atoms. The van der Waals surface area contributed by atoms with E-state index in [2.05, 4.69) is 15.3 Å². The van der Waals surface area contributed by atoms with Gasteiger partial charge in [0.1, 0.15) is 17.0 Å². The lowest BCUT2D eigenvalue weighted by Gasteiger charge is -2.16. The molecule has 0 radical (unpaired) electrons. The number of amides is 1. The highest BCUT2D eigenvalue weighted by atomic mass is 16.3. The van der Waals surface area contributed by atoms with Gasteiger partial charge in [0, 0.05) is 12.2 Å². The second-order valence-electron chi connectivity index (χ2n) is 5.74. The zero-order valence-corrected chi connectivity index (χ0v) is 12.3. The molecule has 0 unspecified atom stereocenters. The van der Waals surface area contributed by atoms with E-state index in [4.69, 9.17) is 0 Å². The number of aromatic amines is 1. The van der Waals surface area contributed by atoms with Crippen molar-refractivity contribution in [3.8, 4) is 5.75 Å². The molecular weight excluding hydrogens is 282 g/mol. The number of carbonyl (C=O) groups is 1. The highest BCUT2D eigenvalue weighted by Crippen LogP contribution is 2.24. The predicted molar refractivity (Wildman–Crippen MR) is 83.0 cm³/mol. The second-order valence-corrected chi connectivity index (χ2v) is 5.74. The molecule has 0 aromatic carbocycles. The number of nitrogens with one attached hydrogen (secondary N) is 2. The minimum absolute atomic E-state index is 0.0680. The van der Waals surface area contributed by atoms with Gasteiger partial charge in [0.2, 0.25) is 0 Å². The summed E-state index contributed by atoms with van der Waals surface area (Å²) in [6.07, 6.45) is 7.87. The van der Waals surface area contributed by atoms with Gasteiger partial charge in [-0.1, -0.05) is 25.7 Å². The molecular formula is C16H19N3O3. The zero-order valence-electron chi connectivity index (χ0n) is 12.3. The lowest BCUT2D eigenvalue weighted by atomic mass is 10.1. The Morgan fingerprint density at radius 1 is 1.27 bits per heavy atom. The summed E-state index contributed by atoms with van der Waals surface area (Å²) in [5.74, 6) is -0.825. The number of H-pyrrole nitrogens is 1. The van der Waals surface area contributed by atoms with Crippen molar-refractivity contribution in [3.63, 3.8) is 0 Å². The molecule has 6 heteroatoms. The Morgan fingerprint density at radius 2 is 2.00 bits per heavy atom. The van der Waals surface area contributed by atoms with Crippen LogP contribution in [0.3, 0.4) is 0 Å². The largest absolute Gasteiger partial charge is 0.506 e. The number of rotatable bonds is 2. The van der Waals surface area contributed by atoms with Crippen molar-refractivity contribution < 1.29 is 9.90 Å². The number of fused-ring (bicyclic) bond motifs is 1. The van der Waals surface area contributed by atoms with Gasteiger partial charge in [0.15, 0.2) is 0 Å². The molecule has 0 spiro atoms. The molecule has 1 aliphatic rings. The van der Waals surface area contributed by atoms with E-state index in [9.17, 15) is 14.7 Å². The Kier molecular flexibility index (Phi) is 4.09. The van der Waals surface area contributed by atoms with Crippen LogP contribution in [0.4, 0.5) is 0 Å². The zero-order chi connectivity index (χ0) is 15.5. The molecule has 22 heavy (non-hydrogen) atoms. The maximum Gasteiger partial charge on any atom is 0.266 e. The first-order valence-corrected chi connectivity index (χ1v) is 7.67. The van der Waals surface area contributed by atoms with Crippen LogP contribution in [-0.4, -0.2) is 27.0 Å². The van der Waals surface area contributed by atoms with E-state index in [1.54, 1.807) is 12.1 Å². The molecule has 3 rings (SSSR count). The van der Waals surface area contributed by atoms with Crippen LogP contribution in [0, 0.1) is 0 Å². The quantitative estimate of drug-likeness (QED) is 0.740. The third-order valence-electron chi connectivity index (χ3n) is 4.18. The van der Waals surface area contributed by atoms with Crippen LogP contribution in [0.1, 0.15) is 48.9 Å². The Bertz CT molecular complexity index is 746. The molecule has 6 nitrogen and oxygen atoms in total. The number of pyridine rings is 2. The lowest BCUT2D eigenvalue weighted by Crippen LogP contribution is -2.37. The smallest absolute Gasteiger partial charge is 0.266 e. The van der Waals surface area contributed by atoms with Crippen LogP contribution in [0.5, 0.6) is 5.75 Å². The van der Waals surface area contributed by atoms with E-state index < -0.39 is 11.5 Å². The normalized spacial score (nSPS) is 16.4. The average molecular weight is 301 g/mol. The van der Waals surface area contributed by atoms with E-state index in [0.29, 0.717) is 5.39 Å². The third-order valence-corrected chi connectivity index (χ3v) is 4.18. The van der Waals surface area contributed by atoms with Gasteiger partial charge in [-0.25, -0.2) is 4.98 Å². The molecule has 0 atom stereocenters. The number of carbonyl (C=O) groups excluding carboxylic acids is 1. The monoisotopic (exact) mass is 301 g/mol. The number of aromatic nitrogens is 2. The number of hydrogen-bond donors (Lipinski definition) is 3. The summed E-state index contributed by atoms with van der Waals surface area (Å²) >= 11 is 0. The Morgan fingerprint density at radius 3 is 2.73 bits per heavy atom. The van der Waals surface area contributed by atoms with Gasteiger partial charge in [-0.15, -0.1) is 0 Å². The van der Waals surface area contributed by atoms with Crippen molar-refractivity contribution >= 4 is 16.9 Å². The maximum atomic E-state index is 12.4. The molecule has 116 valence electrons. The van der Waals surface area contributed by atoms with Gasteiger partial charge in [-0.05, 0) is 25.0 Å². The Labute approximate surface area is 127 Å². The highest BCUT2D eigenvalue weighted by Gasteiger charge is 2.22. The predicted octanol–water partition coefficient (Wildman–Crippen LogP) is 2.08. The first-order valence-electron chi connectivity index (χ1n) is 7.67. The fourth-order valence-electron chi connectivity index (χ4n) is 3.00.